The van der Waals surface area contributed by atoms with Crippen LogP contribution in [0.5, 0.6) is 0 Å². The molecule has 166 valence electrons. The Balaban J connectivity index is 1.06. The zero-order valence-corrected chi connectivity index (χ0v) is 18.2. The number of carbonyl (C=O) groups is 3. The zero-order valence-electron chi connectivity index (χ0n) is 17.5. The third kappa shape index (κ3) is 4.12. The topological polar surface area (TPSA) is 87.7 Å². The average Bonchev–Trinajstić information content (AvgIpc) is 2.62. The first-order valence-electron chi connectivity index (χ1n) is 11.2. The van der Waals surface area contributed by atoms with E-state index in [1.165, 1.54) is 32.1 Å². The van der Waals surface area contributed by atoms with E-state index in [0.29, 0.717) is 48.9 Å². The Hall–Kier alpha value is -2.28. The van der Waals surface area contributed by atoms with E-state index in [-0.39, 0.29) is 23.9 Å². The second-order valence-electron chi connectivity index (χ2n) is 9.68. The number of imide groups is 1. The third-order valence-corrected chi connectivity index (χ3v) is 7.80. The van der Waals surface area contributed by atoms with Gasteiger partial charge in [0, 0.05) is 30.2 Å². The van der Waals surface area contributed by atoms with E-state index < -0.39 is 5.92 Å². The number of ether oxygens (including phenoxy) is 1. The minimum atomic E-state index is -0.394. The van der Waals surface area contributed by atoms with Gasteiger partial charge < -0.3 is 15.0 Å². The Morgan fingerprint density at radius 2 is 2.03 bits per heavy atom. The van der Waals surface area contributed by atoms with Crippen molar-refractivity contribution in [3.8, 4) is 0 Å². The van der Waals surface area contributed by atoms with Crippen molar-refractivity contribution >= 4 is 35.2 Å². The maximum Gasteiger partial charge on any atom is 0.407 e. The number of halogens is 1. The molecule has 1 aromatic carbocycles. The minimum Gasteiger partial charge on any atom is -0.449 e. The molecule has 0 aromatic heterocycles. The number of amides is 3. The van der Waals surface area contributed by atoms with Crippen molar-refractivity contribution < 1.29 is 19.1 Å². The molecule has 3 amide bonds. The van der Waals surface area contributed by atoms with Crippen molar-refractivity contribution in [1.29, 1.82) is 0 Å². The van der Waals surface area contributed by atoms with Crippen LogP contribution in [0, 0.1) is 11.3 Å². The molecule has 1 aromatic rings. The molecular weight excluding hydrogens is 418 g/mol. The number of benzene rings is 1. The summed E-state index contributed by atoms with van der Waals surface area (Å²) in [5, 5.41) is 5.83. The standard InChI is InChI=1S/C23H28ClN3O4/c24-19-8-16(2-3-17(19)18-4-5-20(28)26-21(18)29)27-11-15(12-27)25-22(30)31-13-14-9-23(10-14)6-1-7-23/h2-3,8,14-15,18H,1,4-7,9-13H2,(H,25,30)(H,26,28,29). The van der Waals surface area contributed by atoms with Gasteiger partial charge in [0.2, 0.25) is 11.8 Å². The summed E-state index contributed by atoms with van der Waals surface area (Å²) in [6, 6.07) is 5.70. The molecule has 1 spiro atoms. The van der Waals surface area contributed by atoms with Gasteiger partial charge in [0.1, 0.15) is 0 Å². The lowest BCUT2D eigenvalue weighted by Crippen LogP contribution is -2.59. The van der Waals surface area contributed by atoms with Crippen LogP contribution in [0.25, 0.3) is 0 Å². The Kier molecular flexibility index (Phi) is 5.32. The number of alkyl carbamates (subject to hydrolysis) is 1. The van der Waals surface area contributed by atoms with Crippen molar-refractivity contribution in [3.05, 3.63) is 28.8 Å². The predicted molar refractivity (Wildman–Crippen MR) is 116 cm³/mol. The molecule has 2 saturated carbocycles. The van der Waals surface area contributed by atoms with Crippen LogP contribution in [-0.4, -0.2) is 43.6 Å². The number of piperidine rings is 1. The summed E-state index contributed by atoms with van der Waals surface area (Å²) in [6.07, 6.45) is 6.97. The summed E-state index contributed by atoms with van der Waals surface area (Å²) >= 11 is 6.45. The van der Waals surface area contributed by atoms with E-state index in [2.05, 4.69) is 15.5 Å². The van der Waals surface area contributed by atoms with Gasteiger partial charge in [-0.1, -0.05) is 24.1 Å². The predicted octanol–water partition coefficient (Wildman–Crippen LogP) is 3.36. The summed E-state index contributed by atoms with van der Waals surface area (Å²) in [4.78, 5) is 37.7. The molecule has 2 N–H and O–H groups in total. The van der Waals surface area contributed by atoms with E-state index in [1.807, 2.05) is 18.2 Å². The highest BCUT2D eigenvalue weighted by Crippen LogP contribution is 2.58. The van der Waals surface area contributed by atoms with Crippen LogP contribution >= 0.6 is 11.6 Å². The largest absolute Gasteiger partial charge is 0.449 e. The van der Waals surface area contributed by atoms with Crippen molar-refractivity contribution in [2.75, 3.05) is 24.6 Å². The number of rotatable bonds is 5. The van der Waals surface area contributed by atoms with Gasteiger partial charge in [-0.3, -0.25) is 14.9 Å². The number of hydrogen-bond donors (Lipinski definition) is 2. The van der Waals surface area contributed by atoms with E-state index in [9.17, 15) is 14.4 Å². The molecule has 2 aliphatic heterocycles. The van der Waals surface area contributed by atoms with Gasteiger partial charge in [0.15, 0.2) is 0 Å². The summed E-state index contributed by atoms with van der Waals surface area (Å²) in [5.41, 5.74) is 2.30. The molecule has 0 bridgehead atoms. The highest BCUT2D eigenvalue weighted by molar-refractivity contribution is 6.32. The smallest absolute Gasteiger partial charge is 0.407 e. The molecule has 0 radical (unpaired) electrons. The van der Waals surface area contributed by atoms with Crippen molar-refractivity contribution in [2.45, 2.75) is 56.9 Å². The maximum atomic E-state index is 12.1. The normalized spacial score (nSPS) is 25.3. The van der Waals surface area contributed by atoms with Crippen LogP contribution < -0.4 is 15.5 Å². The van der Waals surface area contributed by atoms with Crippen molar-refractivity contribution in [2.24, 2.45) is 11.3 Å². The fourth-order valence-corrected chi connectivity index (χ4v) is 5.84. The van der Waals surface area contributed by atoms with E-state index >= 15 is 0 Å². The van der Waals surface area contributed by atoms with Gasteiger partial charge in [-0.05, 0) is 61.1 Å². The lowest BCUT2D eigenvalue weighted by atomic mass is 9.52. The summed E-state index contributed by atoms with van der Waals surface area (Å²) in [6.45, 7) is 1.91. The Bertz CT molecular complexity index is 902. The zero-order chi connectivity index (χ0) is 21.6. The molecule has 4 aliphatic rings. The molecule has 5 rings (SSSR count). The van der Waals surface area contributed by atoms with Gasteiger partial charge in [0.05, 0.1) is 18.6 Å². The number of nitrogens with zero attached hydrogens (tertiary/aromatic N) is 1. The number of anilines is 1. The van der Waals surface area contributed by atoms with Crippen LogP contribution in [0.4, 0.5) is 10.5 Å². The van der Waals surface area contributed by atoms with Crippen LogP contribution in [0.2, 0.25) is 5.02 Å². The molecule has 31 heavy (non-hydrogen) atoms. The molecular formula is C23H28ClN3O4. The fraction of sp³-hybridized carbons (Fsp3) is 0.609. The summed E-state index contributed by atoms with van der Waals surface area (Å²) in [5.74, 6) is -0.382. The van der Waals surface area contributed by atoms with E-state index in [4.69, 9.17) is 16.3 Å². The SMILES string of the molecule is O=C1CCC(c2ccc(N3CC(NC(=O)OCC4CC5(CCC5)C4)C3)cc2Cl)C(=O)N1. The van der Waals surface area contributed by atoms with Gasteiger partial charge in [-0.2, -0.15) is 0 Å². The maximum absolute atomic E-state index is 12.1. The van der Waals surface area contributed by atoms with E-state index in [1.54, 1.807) is 0 Å². The average molecular weight is 446 g/mol. The van der Waals surface area contributed by atoms with Crippen LogP contribution in [0.1, 0.15) is 56.4 Å². The summed E-state index contributed by atoms with van der Waals surface area (Å²) < 4.78 is 5.42. The van der Waals surface area contributed by atoms with Crippen molar-refractivity contribution in [1.82, 2.24) is 10.6 Å². The molecule has 4 fully saturated rings. The summed E-state index contributed by atoms with van der Waals surface area (Å²) in [7, 11) is 0. The first-order valence-corrected chi connectivity index (χ1v) is 11.6. The van der Waals surface area contributed by atoms with Crippen LogP contribution in [0.15, 0.2) is 18.2 Å². The Labute approximate surface area is 186 Å². The number of carbonyl (C=O) groups excluding carboxylic acids is 3. The molecule has 2 aliphatic carbocycles. The number of hydrogen-bond acceptors (Lipinski definition) is 5. The third-order valence-electron chi connectivity index (χ3n) is 7.48. The molecule has 2 heterocycles. The van der Waals surface area contributed by atoms with Crippen LogP contribution in [-0.2, 0) is 14.3 Å². The highest BCUT2D eigenvalue weighted by Gasteiger charge is 2.48. The van der Waals surface area contributed by atoms with Crippen molar-refractivity contribution in [3.63, 3.8) is 0 Å². The molecule has 7 nitrogen and oxygen atoms in total. The Morgan fingerprint density at radius 3 is 2.68 bits per heavy atom. The van der Waals surface area contributed by atoms with Gasteiger partial charge >= 0.3 is 6.09 Å². The van der Waals surface area contributed by atoms with Crippen LogP contribution in [0.3, 0.4) is 0 Å². The quantitative estimate of drug-likeness (QED) is 0.678. The highest BCUT2D eigenvalue weighted by atomic mass is 35.5. The molecule has 2 saturated heterocycles. The van der Waals surface area contributed by atoms with Gasteiger partial charge in [-0.25, -0.2) is 4.79 Å². The number of nitrogens with one attached hydrogen (secondary N) is 2. The first-order chi connectivity index (χ1) is 14.9. The van der Waals surface area contributed by atoms with Gasteiger partial charge in [0.25, 0.3) is 0 Å². The second-order valence-corrected chi connectivity index (χ2v) is 10.1. The lowest BCUT2D eigenvalue weighted by Gasteiger charge is -2.54. The Morgan fingerprint density at radius 1 is 1.26 bits per heavy atom. The molecule has 8 heteroatoms. The minimum absolute atomic E-state index is 0.0560. The first kappa shape index (κ1) is 20.6. The van der Waals surface area contributed by atoms with Gasteiger partial charge in [-0.15, -0.1) is 0 Å². The second kappa shape index (κ2) is 8.01. The monoisotopic (exact) mass is 445 g/mol. The van der Waals surface area contributed by atoms with E-state index in [0.717, 1.165) is 11.3 Å². The molecule has 1 unspecified atom stereocenters. The fourth-order valence-electron chi connectivity index (χ4n) is 5.54. The lowest BCUT2D eigenvalue weighted by molar-refractivity contribution is -0.134. The molecule has 1 atom stereocenters.